The van der Waals surface area contributed by atoms with Gasteiger partial charge in [0, 0.05) is 10.2 Å². The number of unbranched alkanes of at least 4 members (excludes halogenated alkanes) is 2. The van der Waals surface area contributed by atoms with Gasteiger partial charge in [-0.15, -0.1) is 0 Å². The van der Waals surface area contributed by atoms with Gasteiger partial charge in [-0.05, 0) is 25.0 Å². The van der Waals surface area contributed by atoms with Crippen LogP contribution in [0.3, 0.4) is 0 Å². The molecule has 124 valence electrons. The summed E-state index contributed by atoms with van der Waals surface area (Å²) < 4.78 is 6.21. The Labute approximate surface area is 144 Å². The molecular weight excluding hydrogens is 360 g/mol. The van der Waals surface area contributed by atoms with Crippen molar-refractivity contribution in [1.29, 1.82) is 0 Å². The van der Waals surface area contributed by atoms with Crippen LogP contribution in [0.25, 0.3) is 0 Å². The highest BCUT2D eigenvalue weighted by molar-refractivity contribution is 9.10. The molecule has 23 heavy (non-hydrogen) atoms. The zero-order chi connectivity index (χ0) is 16.8. The highest BCUT2D eigenvalue weighted by Crippen LogP contribution is 2.32. The summed E-state index contributed by atoms with van der Waals surface area (Å²) in [4.78, 5) is 24.3. The first-order valence-electron chi connectivity index (χ1n) is 7.74. The molecule has 1 aromatic carbocycles. The molecule has 0 saturated heterocycles. The molecule has 1 aliphatic heterocycles. The van der Waals surface area contributed by atoms with Crippen LogP contribution in [0.1, 0.15) is 44.7 Å². The minimum absolute atomic E-state index is 0.328. The summed E-state index contributed by atoms with van der Waals surface area (Å²) in [5.74, 6) is -0.396. The van der Waals surface area contributed by atoms with Crippen molar-refractivity contribution >= 4 is 27.9 Å². The summed E-state index contributed by atoms with van der Waals surface area (Å²) in [6, 6.07) is 6.65. The average Bonchev–Trinajstić information content (AvgIpc) is 2.51. The molecule has 6 heteroatoms. The van der Waals surface area contributed by atoms with Crippen LogP contribution < -0.4 is 10.6 Å². The molecule has 0 aromatic heterocycles. The van der Waals surface area contributed by atoms with Crippen molar-refractivity contribution in [3.8, 4) is 0 Å². The van der Waals surface area contributed by atoms with Gasteiger partial charge in [0.1, 0.15) is 0 Å². The summed E-state index contributed by atoms with van der Waals surface area (Å²) in [6.45, 7) is 4.20. The van der Waals surface area contributed by atoms with Crippen molar-refractivity contribution in [3.05, 3.63) is 45.6 Å². The van der Waals surface area contributed by atoms with E-state index < -0.39 is 12.0 Å². The Morgan fingerprint density at radius 3 is 2.74 bits per heavy atom. The zero-order valence-corrected chi connectivity index (χ0v) is 14.9. The highest BCUT2D eigenvalue weighted by atomic mass is 79.9. The van der Waals surface area contributed by atoms with Crippen molar-refractivity contribution in [3.63, 3.8) is 0 Å². The van der Waals surface area contributed by atoms with Gasteiger partial charge in [0.25, 0.3) is 0 Å². The predicted molar refractivity (Wildman–Crippen MR) is 91.7 cm³/mol. The summed E-state index contributed by atoms with van der Waals surface area (Å²) in [5.41, 5.74) is 1.78. The van der Waals surface area contributed by atoms with Crippen LogP contribution in [0.15, 0.2) is 40.0 Å². The number of urea groups is 1. The number of hydrogen-bond donors (Lipinski definition) is 2. The quantitative estimate of drug-likeness (QED) is 0.582. The monoisotopic (exact) mass is 380 g/mol. The first-order valence-corrected chi connectivity index (χ1v) is 8.53. The number of allylic oxidation sites excluding steroid dienone is 1. The van der Waals surface area contributed by atoms with Gasteiger partial charge in [-0.2, -0.15) is 0 Å². The fourth-order valence-electron chi connectivity index (χ4n) is 2.50. The maximum atomic E-state index is 12.5. The lowest BCUT2D eigenvalue weighted by Crippen LogP contribution is -2.45. The summed E-state index contributed by atoms with van der Waals surface area (Å²) in [7, 11) is 0. The number of amides is 2. The van der Waals surface area contributed by atoms with Crippen LogP contribution in [-0.4, -0.2) is 18.6 Å². The first-order chi connectivity index (χ1) is 11.0. The Bertz CT molecular complexity index is 628. The van der Waals surface area contributed by atoms with Crippen LogP contribution in [-0.2, 0) is 9.53 Å². The Balaban J connectivity index is 2.25. The summed E-state index contributed by atoms with van der Waals surface area (Å²) >= 11 is 3.48. The second kappa shape index (κ2) is 8.15. The van der Waals surface area contributed by atoms with Crippen LogP contribution in [0.4, 0.5) is 4.79 Å². The standard InChI is InChI=1S/C17H21BrN2O3/c1-3-4-7-10-23-16(21)14-11(2)19-17(22)20-15(14)12-8-5-6-9-13(12)18/h5-6,8-9,15H,3-4,7,10H2,1-2H3,(H2,19,20,22). The number of carbonyl (C=O) groups is 2. The van der Waals surface area contributed by atoms with Gasteiger partial charge in [0.15, 0.2) is 0 Å². The lowest BCUT2D eigenvalue weighted by molar-refractivity contribution is -0.139. The largest absolute Gasteiger partial charge is 0.462 e. The topological polar surface area (TPSA) is 67.4 Å². The van der Waals surface area contributed by atoms with Crippen molar-refractivity contribution in [2.24, 2.45) is 0 Å². The molecule has 0 aliphatic carbocycles. The predicted octanol–water partition coefficient (Wildman–Crippen LogP) is 3.81. The average molecular weight is 381 g/mol. The van der Waals surface area contributed by atoms with E-state index in [2.05, 4.69) is 33.5 Å². The van der Waals surface area contributed by atoms with E-state index in [4.69, 9.17) is 4.74 Å². The second-order valence-electron chi connectivity index (χ2n) is 5.43. The van der Waals surface area contributed by atoms with E-state index in [-0.39, 0.29) is 6.03 Å². The van der Waals surface area contributed by atoms with Crippen LogP contribution in [0.5, 0.6) is 0 Å². The lowest BCUT2D eigenvalue weighted by Gasteiger charge is -2.28. The number of rotatable bonds is 6. The molecule has 1 heterocycles. The van der Waals surface area contributed by atoms with E-state index in [1.807, 2.05) is 24.3 Å². The highest BCUT2D eigenvalue weighted by Gasteiger charge is 2.33. The molecule has 2 amide bonds. The molecule has 1 aromatic rings. The normalized spacial score (nSPS) is 17.5. The van der Waals surface area contributed by atoms with E-state index >= 15 is 0 Å². The second-order valence-corrected chi connectivity index (χ2v) is 6.29. The van der Waals surface area contributed by atoms with E-state index in [1.165, 1.54) is 0 Å². The smallest absolute Gasteiger partial charge is 0.338 e. The Morgan fingerprint density at radius 2 is 2.04 bits per heavy atom. The maximum absolute atomic E-state index is 12.5. The lowest BCUT2D eigenvalue weighted by atomic mass is 9.95. The number of benzene rings is 1. The minimum Gasteiger partial charge on any atom is -0.462 e. The minimum atomic E-state index is -0.530. The van der Waals surface area contributed by atoms with Gasteiger partial charge < -0.3 is 15.4 Å². The number of hydrogen-bond acceptors (Lipinski definition) is 3. The van der Waals surface area contributed by atoms with E-state index in [0.29, 0.717) is 17.9 Å². The van der Waals surface area contributed by atoms with Crippen molar-refractivity contribution in [2.45, 2.75) is 39.2 Å². The molecule has 0 spiro atoms. The molecule has 0 radical (unpaired) electrons. The molecule has 1 atom stereocenters. The van der Waals surface area contributed by atoms with Crippen LogP contribution in [0.2, 0.25) is 0 Å². The van der Waals surface area contributed by atoms with Gasteiger partial charge in [-0.1, -0.05) is 53.9 Å². The van der Waals surface area contributed by atoms with Crippen LogP contribution >= 0.6 is 15.9 Å². The van der Waals surface area contributed by atoms with Gasteiger partial charge in [-0.3, -0.25) is 0 Å². The van der Waals surface area contributed by atoms with Crippen LogP contribution in [0, 0.1) is 0 Å². The number of halogens is 1. The first kappa shape index (κ1) is 17.5. The van der Waals surface area contributed by atoms with E-state index in [0.717, 1.165) is 29.3 Å². The molecule has 2 N–H and O–H groups in total. The maximum Gasteiger partial charge on any atom is 0.338 e. The molecule has 2 rings (SSSR count). The Hall–Kier alpha value is -1.82. The van der Waals surface area contributed by atoms with Gasteiger partial charge in [0.05, 0.1) is 18.2 Å². The molecule has 1 unspecified atom stereocenters. The SMILES string of the molecule is CCCCCOC(=O)C1=C(C)NC(=O)NC1c1ccccc1Br. The Kier molecular flexibility index (Phi) is 6.21. The van der Waals surface area contributed by atoms with E-state index in [1.54, 1.807) is 6.92 Å². The summed E-state index contributed by atoms with van der Waals surface area (Å²) in [5, 5.41) is 5.44. The van der Waals surface area contributed by atoms with Crippen molar-refractivity contribution < 1.29 is 14.3 Å². The molecule has 0 saturated carbocycles. The third-order valence-corrected chi connectivity index (χ3v) is 4.41. The molecule has 5 nitrogen and oxygen atoms in total. The van der Waals surface area contributed by atoms with Crippen molar-refractivity contribution in [1.82, 2.24) is 10.6 Å². The van der Waals surface area contributed by atoms with Gasteiger partial charge in [0.2, 0.25) is 0 Å². The van der Waals surface area contributed by atoms with E-state index in [9.17, 15) is 9.59 Å². The Morgan fingerprint density at radius 1 is 1.30 bits per heavy atom. The fraction of sp³-hybridized carbons (Fsp3) is 0.412. The molecular formula is C17H21BrN2O3. The van der Waals surface area contributed by atoms with Gasteiger partial charge >= 0.3 is 12.0 Å². The molecule has 1 aliphatic rings. The third kappa shape index (κ3) is 4.34. The fourth-order valence-corrected chi connectivity index (χ4v) is 3.02. The molecule has 0 fully saturated rings. The number of nitrogens with one attached hydrogen (secondary N) is 2. The third-order valence-electron chi connectivity index (χ3n) is 3.69. The number of carbonyl (C=O) groups excluding carboxylic acids is 2. The number of esters is 1. The molecule has 0 bridgehead atoms. The van der Waals surface area contributed by atoms with Crippen molar-refractivity contribution in [2.75, 3.05) is 6.61 Å². The van der Waals surface area contributed by atoms with Gasteiger partial charge in [-0.25, -0.2) is 9.59 Å². The number of ether oxygens (including phenoxy) is 1. The zero-order valence-electron chi connectivity index (χ0n) is 13.3. The summed E-state index contributed by atoms with van der Waals surface area (Å²) in [6.07, 6.45) is 2.93.